The van der Waals surface area contributed by atoms with Crippen LogP contribution in [0.4, 0.5) is 0 Å². The number of rotatable bonds is 13. The van der Waals surface area contributed by atoms with Gasteiger partial charge < -0.3 is 20.1 Å². The minimum Gasteiger partial charge on any atom is -0.382 e. The molecule has 0 radical (unpaired) electrons. The number of ether oxygens (including phenoxy) is 2. The lowest BCUT2D eigenvalue weighted by atomic mass is 10.2. The lowest BCUT2D eigenvalue weighted by Gasteiger charge is -2.12. The fourth-order valence-corrected chi connectivity index (χ4v) is 2.20. The molecule has 0 atom stereocenters. The lowest BCUT2D eigenvalue weighted by Crippen LogP contribution is -2.38. The quantitative estimate of drug-likeness (QED) is 0.203. The SMILES string of the molecule is CCOCCCCNC(=NC)NCCCCOCc1ccccc1.I. The number of nitrogens with zero attached hydrogens (tertiary/aromatic N) is 1. The van der Waals surface area contributed by atoms with E-state index < -0.39 is 0 Å². The van der Waals surface area contributed by atoms with Crippen LogP contribution in [0.1, 0.15) is 38.2 Å². The molecule has 0 amide bonds. The predicted octanol–water partition coefficient (Wildman–Crippen LogP) is 3.58. The van der Waals surface area contributed by atoms with E-state index in [1.165, 1.54) is 5.56 Å². The van der Waals surface area contributed by atoms with Crippen molar-refractivity contribution in [1.82, 2.24) is 10.6 Å². The number of aliphatic imine (C=N–C) groups is 1. The van der Waals surface area contributed by atoms with Gasteiger partial charge >= 0.3 is 0 Å². The summed E-state index contributed by atoms with van der Waals surface area (Å²) in [5.41, 5.74) is 1.23. The molecule has 0 aliphatic heterocycles. The van der Waals surface area contributed by atoms with Crippen LogP contribution >= 0.6 is 24.0 Å². The summed E-state index contributed by atoms with van der Waals surface area (Å²) >= 11 is 0. The molecule has 5 nitrogen and oxygen atoms in total. The van der Waals surface area contributed by atoms with Crippen LogP contribution in [0.3, 0.4) is 0 Å². The zero-order valence-electron chi connectivity index (χ0n) is 15.6. The Morgan fingerprint density at radius 3 is 2.08 bits per heavy atom. The highest BCUT2D eigenvalue weighted by Gasteiger charge is 1.97. The number of unbranched alkanes of at least 4 members (excludes halogenated alkanes) is 2. The molecule has 1 aromatic carbocycles. The molecule has 2 N–H and O–H groups in total. The highest BCUT2D eigenvalue weighted by Crippen LogP contribution is 2.01. The average molecular weight is 463 g/mol. The van der Waals surface area contributed by atoms with Crippen molar-refractivity contribution in [1.29, 1.82) is 0 Å². The summed E-state index contributed by atoms with van der Waals surface area (Å²) < 4.78 is 11.0. The molecule has 0 spiro atoms. The van der Waals surface area contributed by atoms with Crippen LogP contribution in [-0.2, 0) is 16.1 Å². The van der Waals surface area contributed by atoms with E-state index in [2.05, 4.69) is 27.8 Å². The summed E-state index contributed by atoms with van der Waals surface area (Å²) in [5, 5.41) is 6.65. The Kier molecular flexibility index (Phi) is 17.3. The molecule has 25 heavy (non-hydrogen) atoms. The van der Waals surface area contributed by atoms with Gasteiger partial charge in [-0.15, -0.1) is 24.0 Å². The summed E-state index contributed by atoms with van der Waals surface area (Å²) in [4.78, 5) is 4.23. The second-order valence-electron chi connectivity index (χ2n) is 5.58. The van der Waals surface area contributed by atoms with E-state index in [-0.39, 0.29) is 24.0 Å². The molecule has 0 heterocycles. The van der Waals surface area contributed by atoms with Crippen LogP contribution in [0.2, 0.25) is 0 Å². The van der Waals surface area contributed by atoms with Gasteiger partial charge in [0, 0.05) is 40.0 Å². The maximum atomic E-state index is 5.68. The van der Waals surface area contributed by atoms with Gasteiger partial charge in [-0.1, -0.05) is 30.3 Å². The topological polar surface area (TPSA) is 54.9 Å². The number of hydrogen-bond acceptors (Lipinski definition) is 3. The Morgan fingerprint density at radius 2 is 1.52 bits per heavy atom. The van der Waals surface area contributed by atoms with Gasteiger partial charge in [-0.05, 0) is 38.2 Å². The Morgan fingerprint density at radius 1 is 0.920 bits per heavy atom. The largest absolute Gasteiger partial charge is 0.382 e. The van der Waals surface area contributed by atoms with Gasteiger partial charge in [0.2, 0.25) is 0 Å². The third-order valence-electron chi connectivity index (χ3n) is 3.56. The summed E-state index contributed by atoms with van der Waals surface area (Å²) in [7, 11) is 1.80. The molecular formula is C19H34IN3O2. The summed E-state index contributed by atoms with van der Waals surface area (Å²) in [5.74, 6) is 0.872. The van der Waals surface area contributed by atoms with Gasteiger partial charge in [0.05, 0.1) is 6.61 Å². The van der Waals surface area contributed by atoms with E-state index in [0.717, 1.165) is 64.6 Å². The van der Waals surface area contributed by atoms with Gasteiger partial charge in [0.15, 0.2) is 5.96 Å². The Bertz CT molecular complexity index is 430. The Labute approximate surface area is 170 Å². The number of halogens is 1. The van der Waals surface area contributed by atoms with Crippen molar-refractivity contribution in [2.24, 2.45) is 4.99 Å². The molecule has 1 aromatic rings. The third-order valence-corrected chi connectivity index (χ3v) is 3.56. The lowest BCUT2D eigenvalue weighted by molar-refractivity contribution is 0.117. The molecule has 0 aliphatic rings. The highest BCUT2D eigenvalue weighted by atomic mass is 127. The zero-order chi connectivity index (χ0) is 17.3. The molecule has 1 rings (SSSR count). The number of guanidine groups is 1. The highest BCUT2D eigenvalue weighted by molar-refractivity contribution is 14.0. The first kappa shape index (κ1) is 24.1. The molecule has 0 fully saturated rings. The fraction of sp³-hybridized carbons (Fsp3) is 0.632. The third kappa shape index (κ3) is 14.0. The van der Waals surface area contributed by atoms with E-state index in [4.69, 9.17) is 9.47 Å². The van der Waals surface area contributed by atoms with E-state index in [0.29, 0.717) is 6.61 Å². The van der Waals surface area contributed by atoms with Crippen LogP contribution in [0, 0.1) is 0 Å². The average Bonchev–Trinajstić information content (AvgIpc) is 2.62. The van der Waals surface area contributed by atoms with Crippen LogP contribution in [0.15, 0.2) is 35.3 Å². The zero-order valence-corrected chi connectivity index (χ0v) is 18.0. The van der Waals surface area contributed by atoms with Crippen LogP contribution in [0.5, 0.6) is 0 Å². The van der Waals surface area contributed by atoms with Crippen molar-refractivity contribution >= 4 is 29.9 Å². The van der Waals surface area contributed by atoms with E-state index >= 15 is 0 Å². The van der Waals surface area contributed by atoms with Gasteiger partial charge in [-0.25, -0.2) is 0 Å². The normalized spacial score (nSPS) is 11.0. The van der Waals surface area contributed by atoms with Gasteiger partial charge in [0.25, 0.3) is 0 Å². The molecule has 144 valence electrons. The second kappa shape index (κ2) is 17.9. The van der Waals surface area contributed by atoms with Gasteiger partial charge in [-0.2, -0.15) is 0 Å². The number of benzene rings is 1. The molecule has 0 bridgehead atoms. The fourth-order valence-electron chi connectivity index (χ4n) is 2.20. The van der Waals surface area contributed by atoms with E-state index in [1.54, 1.807) is 7.05 Å². The van der Waals surface area contributed by atoms with Crippen LogP contribution < -0.4 is 10.6 Å². The first-order chi connectivity index (χ1) is 11.9. The monoisotopic (exact) mass is 463 g/mol. The number of nitrogens with one attached hydrogen (secondary N) is 2. The maximum absolute atomic E-state index is 5.68. The minimum atomic E-state index is 0. The molecule has 6 heteroatoms. The second-order valence-corrected chi connectivity index (χ2v) is 5.58. The first-order valence-electron chi connectivity index (χ1n) is 9.00. The standard InChI is InChI=1S/C19H33N3O2.HI/c1-3-23-15-9-7-13-21-19(20-2)22-14-8-10-16-24-17-18-11-5-4-6-12-18;/h4-6,11-12H,3,7-10,13-17H2,1-2H3,(H2,20,21,22);1H. The molecular weight excluding hydrogens is 429 g/mol. The molecule has 0 unspecified atom stereocenters. The van der Waals surface area contributed by atoms with Crippen molar-refractivity contribution in [2.75, 3.05) is 40.0 Å². The van der Waals surface area contributed by atoms with Crippen LogP contribution in [-0.4, -0.2) is 45.9 Å². The molecule has 0 aliphatic carbocycles. The Hall–Kier alpha value is -0.860. The van der Waals surface area contributed by atoms with Gasteiger partial charge in [-0.3, -0.25) is 4.99 Å². The first-order valence-corrected chi connectivity index (χ1v) is 9.00. The maximum Gasteiger partial charge on any atom is 0.190 e. The molecule has 0 aromatic heterocycles. The smallest absolute Gasteiger partial charge is 0.190 e. The van der Waals surface area contributed by atoms with Crippen molar-refractivity contribution in [3.8, 4) is 0 Å². The van der Waals surface area contributed by atoms with Crippen molar-refractivity contribution in [3.63, 3.8) is 0 Å². The number of hydrogen-bond donors (Lipinski definition) is 2. The molecule has 0 saturated heterocycles. The molecule has 0 saturated carbocycles. The predicted molar refractivity (Wildman–Crippen MR) is 116 cm³/mol. The summed E-state index contributed by atoms with van der Waals surface area (Å²) in [6, 6.07) is 10.3. The van der Waals surface area contributed by atoms with E-state index in [1.807, 2.05) is 25.1 Å². The summed E-state index contributed by atoms with van der Waals surface area (Å²) in [6.45, 7) is 6.98. The summed E-state index contributed by atoms with van der Waals surface area (Å²) in [6.07, 6.45) is 4.29. The van der Waals surface area contributed by atoms with Crippen molar-refractivity contribution in [2.45, 2.75) is 39.2 Å². The van der Waals surface area contributed by atoms with Crippen molar-refractivity contribution in [3.05, 3.63) is 35.9 Å². The van der Waals surface area contributed by atoms with E-state index in [9.17, 15) is 0 Å². The minimum absolute atomic E-state index is 0. The van der Waals surface area contributed by atoms with Gasteiger partial charge in [0.1, 0.15) is 0 Å². The van der Waals surface area contributed by atoms with Crippen molar-refractivity contribution < 1.29 is 9.47 Å². The Balaban J connectivity index is 0.00000576. The van der Waals surface area contributed by atoms with Crippen LogP contribution in [0.25, 0.3) is 0 Å².